The number of rotatable bonds is 8. The van der Waals surface area contributed by atoms with Crippen molar-refractivity contribution in [3.63, 3.8) is 0 Å². The van der Waals surface area contributed by atoms with E-state index in [9.17, 15) is 19.7 Å². The van der Waals surface area contributed by atoms with Gasteiger partial charge in [0.05, 0.1) is 11.5 Å². The predicted octanol–water partition coefficient (Wildman–Crippen LogP) is 2.62. The molecule has 9 heteroatoms. The number of hydrogen-bond donors (Lipinski definition) is 0. The number of benzene rings is 1. The summed E-state index contributed by atoms with van der Waals surface area (Å²) >= 11 is 0. The van der Waals surface area contributed by atoms with Gasteiger partial charge in [-0.2, -0.15) is 5.10 Å². The largest absolute Gasteiger partial charge is 0.494 e. The summed E-state index contributed by atoms with van der Waals surface area (Å²) in [6.45, 7) is 6.52. The number of ketones is 1. The number of Topliss-reactive ketones (excluding diaryl/α,β-unsaturated/α-hetero) is 1. The molecule has 0 N–H and O–H groups in total. The van der Waals surface area contributed by atoms with Crippen molar-refractivity contribution < 1.29 is 24.0 Å². The lowest BCUT2D eigenvalue weighted by Crippen LogP contribution is -2.27. The van der Waals surface area contributed by atoms with E-state index in [-0.39, 0.29) is 29.4 Å². The zero-order valence-corrected chi connectivity index (χ0v) is 15.6. The summed E-state index contributed by atoms with van der Waals surface area (Å²) in [6.07, 6.45) is -0.998. The topological polar surface area (TPSA) is 114 Å². The summed E-state index contributed by atoms with van der Waals surface area (Å²) in [6, 6.07) is 6.53. The third-order valence-electron chi connectivity index (χ3n) is 3.93. The number of nitrogens with zero attached hydrogens (tertiary/aromatic N) is 3. The average Bonchev–Trinajstić information content (AvgIpc) is 2.88. The second-order valence-corrected chi connectivity index (χ2v) is 5.89. The fraction of sp³-hybridized carbons (Fsp3) is 0.389. The molecule has 27 heavy (non-hydrogen) atoms. The molecule has 0 radical (unpaired) electrons. The van der Waals surface area contributed by atoms with Crippen LogP contribution in [0.25, 0.3) is 0 Å². The first-order chi connectivity index (χ1) is 12.7. The van der Waals surface area contributed by atoms with Gasteiger partial charge in [-0.05, 0) is 52.0 Å². The quantitative estimate of drug-likeness (QED) is 0.301. The summed E-state index contributed by atoms with van der Waals surface area (Å²) in [5.74, 6) is -0.419. The Kier molecular flexibility index (Phi) is 6.27. The molecule has 2 rings (SSSR count). The van der Waals surface area contributed by atoms with Gasteiger partial charge in [-0.25, -0.2) is 0 Å². The van der Waals surface area contributed by atoms with Crippen LogP contribution in [0.3, 0.4) is 0 Å². The number of carbonyl (C=O) groups excluding carboxylic acids is 2. The molecule has 0 aliphatic carbocycles. The van der Waals surface area contributed by atoms with E-state index in [1.807, 2.05) is 6.92 Å². The summed E-state index contributed by atoms with van der Waals surface area (Å²) in [7, 11) is 0. The number of aryl methyl sites for hydroxylation is 1. The van der Waals surface area contributed by atoms with Gasteiger partial charge in [0.1, 0.15) is 23.7 Å². The van der Waals surface area contributed by atoms with Crippen LogP contribution in [0, 0.1) is 24.0 Å². The molecular weight excluding hydrogens is 354 g/mol. The number of nitro groups is 1. The Morgan fingerprint density at radius 1 is 1.26 bits per heavy atom. The molecule has 9 nitrogen and oxygen atoms in total. The summed E-state index contributed by atoms with van der Waals surface area (Å²) in [4.78, 5) is 35.0. The highest BCUT2D eigenvalue weighted by molar-refractivity contribution is 6.00. The van der Waals surface area contributed by atoms with E-state index >= 15 is 0 Å². The average molecular weight is 375 g/mol. The van der Waals surface area contributed by atoms with Gasteiger partial charge in [0.15, 0.2) is 6.10 Å². The van der Waals surface area contributed by atoms with E-state index in [1.54, 1.807) is 24.3 Å². The minimum atomic E-state index is -0.998. The molecule has 0 amide bonds. The van der Waals surface area contributed by atoms with E-state index in [2.05, 4.69) is 5.10 Å². The smallest absolute Gasteiger partial charge is 0.328 e. The summed E-state index contributed by atoms with van der Waals surface area (Å²) in [5.41, 5.74) is 0.713. The number of aromatic nitrogens is 2. The third-order valence-corrected chi connectivity index (χ3v) is 3.93. The highest BCUT2D eigenvalue weighted by Crippen LogP contribution is 2.22. The molecule has 0 saturated heterocycles. The minimum absolute atomic E-state index is 0.138. The Bertz CT molecular complexity index is 857. The number of esters is 1. The fourth-order valence-electron chi connectivity index (χ4n) is 2.63. The molecule has 1 atom stereocenters. The summed E-state index contributed by atoms with van der Waals surface area (Å²) in [5, 5.41) is 15.0. The van der Waals surface area contributed by atoms with Gasteiger partial charge in [-0.3, -0.25) is 24.4 Å². The Morgan fingerprint density at radius 2 is 1.89 bits per heavy atom. The molecule has 1 aromatic carbocycles. The molecule has 0 aliphatic rings. The van der Waals surface area contributed by atoms with Crippen LogP contribution in [0.1, 0.15) is 35.6 Å². The molecular formula is C18H21N3O6. The van der Waals surface area contributed by atoms with Crippen LogP contribution in [-0.4, -0.2) is 39.2 Å². The molecule has 0 spiro atoms. The third kappa shape index (κ3) is 4.69. The second kappa shape index (κ2) is 8.43. The van der Waals surface area contributed by atoms with Gasteiger partial charge < -0.3 is 9.47 Å². The first-order valence-corrected chi connectivity index (χ1v) is 8.39. The van der Waals surface area contributed by atoms with Crippen molar-refractivity contribution in [3.8, 4) is 5.75 Å². The number of hydrogen-bond acceptors (Lipinski definition) is 7. The van der Waals surface area contributed by atoms with E-state index in [0.717, 1.165) is 0 Å². The molecule has 0 aliphatic heterocycles. The molecule has 1 heterocycles. The molecule has 144 valence electrons. The Morgan fingerprint density at radius 3 is 2.41 bits per heavy atom. The van der Waals surface area contributed by atoms with Crippen molar-refractivity contribution in [2.24, 2.45) is 0 Å². The standard InChI is InChI=1S/C18H21N3O6/c1-5-26-15-8-6-14(7-9-15)18(23)13(4)27-16(22)10-20-12(3)17(21(24)25)11(2)19-20/h6-9,13H,5,10H2,1-4H3/t13-/m1/s1. The second-order valence-electron chi connectivity index (χ2n) is 5.89. The van der Waals surface area contributed by atoms with Crippen LogP contribution in [0.5, 0.6) is 5.75 Å². The maximum absolute atomic E-state index is 12.4. The normalized spacial score (nSPS) is 11.7. The molecule has 2 aromatic rings. The lowest BCUT2D eigenvalue weighted by molar-refractivity contribution is -0.386. The lowest BCUT2D eigenvalue weighted by atomic mass is 10.1. The van der Waals surface area contributed by atoms with Crippen molar-refractivity contribution >= 4 is 17.4 Å². The van der Waals surface area contributed by atoms with Crippen molar-refractivity contribution in [2.75, 3.05) is 6.61 Å². The van der Waals surface area contributed by atoms with Crippen LogP contribution in [0.4, 0.5) is 5.69 Å². The van der Waals surface area contributed by atoms with Gasteiger partial charge in [-0.15, -0.1) is 0 Å². The number of ether oxygens (including phenoxy) is 2. The lowest BCUT2D eigenvalue weighted by Gasteiger charge is -2.13. The Labute approximate surface area is 156 Å². The highest BCUT2D eigenvalue weighted by Gasteiger charge is 2.25. The molecule has 1 aromatic heterocycles. The van der Waals surface area contributed by atoms with Gasteiger partial charge in [0.25, 0.3) is 0 Å². The first kappa shape index (κ1) is 20.1. The van der Waals surface area contributed by atoms with E-state index in [1.165, 1.54) is 25.5 Å². The summed E-state index contributed by atoms with van der Waals surface area (Å²) < 4.78 is 11.7. The molecule has 0 bridgehead atoms. The zero-order valence-electron chi connectivity index (χ0n) is 15.6. The maximum Gasteiger partial charge on any atom is 0.328 e. The van der Waals surface area contributed by atoms with Crippen LogP contribution in [0.2, 0.25) is 0 Å². The molecule has 0 fully saturated rings. The van der Waals surface area contributed by atoms with Crippen molar-refractivity contribution in [1.82, 2.24) is 9.78 Å². The maximum atomic E-state index is 12.4. The zero-order chi connectivity index (χ0) is 20.1. The van der Waals surface area contributed by atoms with Crippen LogP contribution < -0.4 is 4.74 Å². The van der Waals surface area contributed by atoms with E-state index in [4.69, 9.17) is 9.47 Å². The van der Waals surface area contributed by atoms with Gasteiger partial charge in [0.2, 0.25) is 5.78 Å². The van der Waals surface area contributed by atoms with Crippen LogP contribution in [0.15, 0.2) is 24.3 Å². The van der Waals surface area contributed by atoms with Crippen LogP contribution in [-0.2, 0) is 16.1 Å². The van der Waals surface area contributed by atoms with Gasteiger partial charge >= 0.3 is 11.7 Å². The van der Waals surface area contributed by atoms with E-state index < -0.39 is 17.0 Å². The Balaban J connectivity index is 2.02. The number of carbonyl (C=O) groups is 2. The van der Waals surface area contributed by atoms with Crippen molar-refractivity contribution in [3.05, 3.63) is 51.3 Å². The van der Waals surface area contributed by atoms with Gasteiger partial charge in [0, 0.05) is 5.56 Å². The fourth-order valence-corrected chi connectivity index (χ4v) is 2.63. The molecule has 0 saturated carbocycles. The minimum Gasteiger partial charge on any atom is -0.494 e. The SMILES string of the molecule is CCOc1ccc(C(=O)[C@@H](C)OC(=O)Cn2nc(C)c([N+](=O)[O-])c2C)cc1. The van der Waals surface area contributed by atoms with Crippen LogP contribution >= 0.6 is 0 Å². The highest BCUT2D eigenvalue weighted by atomic mass is 16.6. The van der Waals surface area contributed by atoms with Crippen molar-refractivity contribution in [2.45, 2.75) is 40.3 Å². The first-order valence-electron chi connectivity index (χ1n) is 8.39. The molecule has 0 unspecified atom stereocenters. The monoisotopic (exact) mass is 375 g/mol. The predicted molar refractivity (Wildman–Crippen MR) is 95.9 cm³/mol. The van der Waals surface area contributed by atoms with Crippen molar-refractivity contribution in [1.29, 1.82) is 0 Å². The van der Waals surface area contributed by atoms with Gasteiger partial charge in [-0.1, -0.05) is 0 Å². The Hall–Kier alpha value is -3.23. The van der Waals surface area contributed by atoms with E-state index in [0.29, 0.717) is 17.9 Å².